The van der Waals surface area contributed by atoms with Gasteiger partial charge in [-0.2, -0.15) is 0 Å². The van der Waals surface area contributed by atoms with Crippen LogP contribution in [0.15, 0.2) is 83.8 Å². The first-order valence-electron chi connectivity index (χ1n) is 10.0. The standard InChI is InChI=1S/C24H26N2O2S/c1-19-7-5-8-21(17-19)20-12-14-24(15-13-20)29(27,28)25-18-23-11-6-16-26(23)22-9-3-2-4-10-22/h2-5,7-10,12-15,17,23,25H,6,11,16,18H2,1H3. The molecule has 1 unspecified atom stereocenters. The van der Waals surface area contributed by atoms with E-state index in [2.05, 4.69) is 27.8 Å². The lowest BCUT2D eigenvalue weighted by molar-refractivity contribution is 0.567. The van der Waals surface area contributed by atoms with Crippen molar-refractivity contribution >= 4 is 15.7 Å². The summed E-state index contributed by atoms with van der Waals surface area (Å²) < 4.78 is 28.4. The van der Waals surface area contributed by atoms with Crippen molar-refractivity contribution in [3.63, 3.8) is 0 Å². The molecule has 1 heterocycles. The average Bonchev–Trinajstić information content (AvgIpc) is 3.22. The summed E-state index contributed by atoms with van der Waals surface area (Å²) in [6, 6.07) is 25.7. The van der Waals surface area contributed by atoms with Crippen LogP contribution in [0.3, 0.4) is 0 Å². The molecule has 0 aliphatic carbocycles. The monoisotopic (exact) mass is 406 g/mol. The Morgan fingerprint density at radius 2 is 1.69 bits per heavy atom. The Labute approximate surface area is 173 Å². The van der Waals surface area contributed by atoms with Crippen LogP contribution < -0.4 is 9.62 Å². The minimum absolute atomic E-state index is 0.179. The first kappa shape index (κ1) is 19.7. The summed E-state index contributed by atoms with van der Waals surface area (Å²) >= 11 is 0. The third-order valence-corrected chi connectivity index (χ3v) is 6.93. The highest BCUT2D eigenvalue weighted by molar-refractivity contribution is 7.89. The highest BCUT2D eigenvalue weighted by atomic mass is 32.2. The third-order valence-electron chi connectivity index (χ3n) is 5.49. The van der Waals surface area contributed by atoms with Crippen LogP contribution in [0.25, 0.3) is 11.1 Å². The molecule has 150 valence electrons. The molecule has 1 aliphatic heterocycles. The van der Waals surface area contributed by atoms with Gasteiger partial charge in [-0.25, -0.2) is 13.1 Å². The zero-order valence-electron chi connectivity index (χ0n) is 16.6. The van der Waals surface area contributed by atoms with Crippen molar-refractivity contribution in [1.29, 1.82) is 0 Å². The molecular weight excluding hydrogens is 380 g/mol. The number of anilines is 1. The van der Waals surface area contributed by atoms with Crippen LogP contribution in [-0.2, 0) is 10.0 Å². The number of rotatable bonds is 6. The van der Waals surface area contributed by atoms with Gasteiger partial charge in [-0.1, -0.05) is 60.2 Å². The molecule has 0 aromatic heterocycles. The topological polar surface area (TPSA) is 49.4 Å². The molecule has 4 nitrogen and oxygen atoms in total. The molecule has 1 aliphatic rings. The molecule has 29 heavy (non-hydrogen) atoms. The highest BCUT2D eigenvalue weighted by Gasteiger charge is 2.26. The van der Waals surface area contributed by atoms with Gasteiger partial charge in [0.1, 0.15) is 0 Å². The lowest BCUT2D eigenvalue weighted by Crippen LogP contribution is -2.40. The van der Waals surface area contributed by atoms with Crippen LogP contribution in [-0.4, -0.2) is 27.5 Å². The second-order valence-corrected chi connectivity index (χ2v) is 9.34. The lowest BCUT2D eigenvalue weighted by Gasteiger charge is -2.27. The van der Waals surface area contributed by atoms with Gasteiger partial charge in [0.25, 0.3) is 0 Å². The molecule has 0 bridgehead atoms. The van der Waals surface area contributed by atoms with Crippen molar-refractivity contribution in [3.05, 3.63) is 84.4 Å². The van der Waals surface area contributed by atoms with Gasteiger partial charge in [0, 0.05) is 24.8 Å². The third kappa shape index (κ3) is 4.52. The summed E-state index contributed by atoms with van der Waals surface area (Å²) in [5.74, 6) is 0. The van der Waals surface area contributed by atoms with Gasteiger partial charge < -0.3 is 4.90 Å². The van der Waals surface area contributed by atoms with E-state index in [0.29, 0.717) is 11.4 Å². The van der Waals surface area contributed by atoms with Gasteiger partial charge in [-0.05, 0) is 55.2 Å². The number of aryl methyl sites for hydroxylation is 1. The van der Waals surface area contributed by atoms with Crippen molar-refractivity contribution in [2.24, 2.45) is 0 Å². The lowest BCUT2D eigenvalue weighted by atomic mass is 10.0. The van der Waals surface area contributed by atoms with Gasteiger partial charge in [0.15, 0.2) is 0 Å². The molecule has 3 aromatic rings. The number of nitrogens with one attached hydrogen (secondary N) is 1. The molecule has 4 rings (SSSR count). The van der Waals surface area contributed by atoms with E-state index in [1.165, 1.54) is 5.56 Å². The average molecular weight is 407 g/mol. The Morgan fingerprint density at radius 1 is 0.931 bits per heavy atom. The number of para-hydroxylation sites is 1. The van der Waals surface area contributed by atoms with E-state index >= 15 is 0 Å². The van der Waals surface area contributed by atoms with E-state index < -0.39 is 10.0 Å². The molecule has 1 atom stereocenters. The summed E-state index contributed by atoms with van der Waals surface area (Å²) in [6.07, 6.45) is 2.07. The molecule has 1 N–H and O–H groups in total. The molecule has 1 saturated heterocycles. The van der Waals surface area contributed by atoms with Crippen molar-refractivity contribution in [3.8, 4) is 11.1 Å². The fourth-order valence-electron chi connectivity index (χ4n) is 3.95. The smallest absolute Gasteiger partial charge is 0.240 e. The fourth-order valence-corrected chi connectivity index (χ4v) is 5.02. The number of nitrogens with zero attached hydrogens (tertiary/aromatic N) is 1. The Morgan fingerprint density at radius 3 is 2.41 bits per heavy atom. The van der Waals surface area contributed by atoms with E-state index in [-0.39, 0.29) is 6.04 Å². The molecule has 0 radical (unpaired) electrons. The minimum Gasteiger partial charge on any atom is -0.367 e. The van der Waals surface area contributed by atoms with Gasteiger partial charge >= 0.3 is 0 Å². The Balaban J connectivity index is 1.45. The van der Waals surface area contributed by atoms with Crippen LogP contribution in [0.1, 0.15) is 18.4 Å². The molecule has 0 saturated carbocycles. The molecule has 0 spiro atoms. The summed E-state index contributed by atoms with van der Waals surface area (Å²) in [5, 5.41) is 0. The van der Waals surface area contributed by atoms with Crippen molar-refractivity contribution in [2.75, 3.05) is 18.0 Å². The van der Waals surface area contributed by atoms with Crippen LogP contribution >= 0.6 is 0 Å². The maximum absolute atomic E-state index is 12.8. The highest BCUT2D eigenvalue weighted by Crippen LogP contribution is 2.26. The van der Waals surface area contributed by atoms with Crippen molar-refractivity contribution in [2.45, 2.75) is 30.7 Å². The van der Waals surface area contributed by atoms with E-state index in [1.807, 2.05) is 55.5 Å². The SMILES string of the molecule is Cc1cccc(-c2ccc(S(=O)(=O)NCC3CCCN3c3ccccc3)cc2)c1. The zero-order valence-corrected chi connectivity index (χ0v) is 17.4. The van der Waals surface area contributed by atoms with Crippen LogP contribution in [0.4, 0.5) is 5.69 Å². The van der Waals surface area contributed by atoms with Crippen LogP contribution in [0.5, 0.6) is 0 Å². The second-order valence-electron chi connectivity index (χ2n) is 7.57. The molecule has 1 fully saturated rings. The van der Waals surface area contributed by atoms with Gasteiger partial charge in [0.2, 0.25) is 10.0 Å². The maximum Gasteiger partial charge on any atom is 0.240 e. The molecule has 0 amide bonds. The predicted molar refractivity (Wildman–Crippen MR) is 119 cm³/mol. The first-order chi connectivity index (χ1) is 14.0. The van der Waals surface area contributed by atoms with E-state index in [1.54, 1.807) is 12.1 Å². The van der Waals surface area contributed by atoms with E-state index in [9.17, 15) is 8.42 Å². The van der Waals surface area contributed by atoms with Crippen LogP contribution in [0.2, 0.25) is 0 Å². The summed E-state index contributed by atoms with van der Waals surface area (Å²) in [5.41, 5.74) is 4.43. The largest absolute Gasteiger partial charge is 0.367 e. The zero-order chi connectivity index (χ0) is 20.3. The maximum atomic E-state index is 12.8. The molecule has 5 heteroatoms. The number of benzene rings is 3. The van der Waals surface area contributed by atoms with Gasteiger partial charge in [0.05, 0.1) is 4.90 Å². The first-order valence-corrected chi connectivity index (χ1v) is 11.5. The number of hydrogen-bond acceptors (Lipinski definition) is 3. The van der Waals surface area contributed by atoms with Gasteiger partial charge in [-0.15, -0.1) is 0 Å². The summed E-state index contributed by atoms with van der Waals surface area (Å²) in [6.45, 7) is 3.42. The summed E-state index contributed by atoms with van der Waals surface area (Å²) in [4.78, 5) is 2.60. The fraction of sp³-hybridized carbons (Fsp3) is 0.250. The van der Waals surface area contributed by atoms with E-state index in [0.717, 1.165) is 36.2 Å². The predicted octanol–water partition coefficient (Wildman–Crippen LogP) is 4.61. The number of hydrogen-bond donors (Lipinski definition) is 1. The minimum atomic E-state index is -3.54. The Hall–Kier alpha value is -2.63. The quantitative estimate of drug-likeness (QED) is 0.650. The van der Waals surface area contributed by atoms with Crippen molar-refractivity contribution in [1.82, 2.24) is 4.72 Å². The molecular formula is C24H26N2O2S. The summed E-state index contributed by atoms with van der Waals surface area (Å²) in [7, 11) is -3.54. The number of sulfonamides is 1. The second kappa shape index (κ2) is 8.39. The van der Waals surface area contributed by atoms with Crippen molar-refractivity contribution < 1.29 is 8.42 Å². The molecule has 3 aromatic carbocycles. The Bertz CT molecular complexity index is 1060. The van der Waals surface area contributed by atoms with E-state index in [4.69, 9.17) is 0 Å². The normalized spacial score (nSPS) is 16.9. The Kier molecular flexibility index (Phi) is 5.69. The van der Waals surface area contributed by atoms with Gasteiger partial charge in [-0.3, -0.25) is 0 Å². The van der Waals surface area contributed by atoms with Crippen LogP contribution in [0, 0.1) is 6.92 Å².